The number of pyridine rings is 1. The van der Waals surface area contributed by atoms with E-state index in [9.17, 15) is 14.0 Å². The lowest BCUT2D eigenvalue weighted by molar-refractivity contribution is -0.133. The normalized spacial score (nSPS) is 14.6. The van der Waals surface area contributed by atoms with Gasteiger partial charge in [0, 0.05) is 68.0 Å². The van der Waals surface area contributed by atoms with Crippen LogP contribution in [0.3, 0.4) is 0 Å². The van der Waals surface area contributed by atoms with Crippen LogP contribution in [0.4, 0.5) is 10.2 Å². The molecule has 2 aromatic carbocycles. The maximum atomic E-state index is 13.8. The lowest BCUT2D eigenvalue weighted by Gasteiger charge is -2.37. The minimum atomic E-state index is -0.767. The molecule has 1 fully saturated rings. The van der Waals surface area contributed by atoms with Gasteiger partial charge in [-0.1, -0.05) is 24.3 Å². The van der Waals surface area contributed by atoms with Gasteiger partial charge in [-0.05, 0) is 61.6 Å². The number of carbonyl (C=O) groups excluding carboxylic acids is 2. The summed E-state index contributed by atoms with van der Waals surface area (Å²) in [6, 6.07) is 16.6. The second-order valence-corrected chi connectivity index (χ2v) is 10.2. The zero-order valence-corrected chi connectivity index (χ0v) is 22.2. The first-order valence-electron chi connectivity index (χ1n) is 13.1. The van der Waals surface area contributed by atoms with Gasteiger partial charge < -0.3 is 25.0 Å². The Hall–Kier alpha value is -4.24. The Morgan fingerprint density at radius 1 is 1.03 bits per heavy atom. The number of halogens is 1. The number of benzene rings is 2. The van der Waals surface area contributed by atoms with E-state index in [1.165, 1.54) is 24.3 Å². The van der Waals surface area contributed by atoms with Crippen molar-refractivity contribution in [2.24, 2.45) is 0 Å². The van der Waals surface area contributed by atoms with E-state index in [0.29, 0.717) is 38.2 Å². The van der Waals surface area contributed by atoms with Gasteiger partial charge in [-0.3, -0.25) is 9.59 Å². The van der Waals surface area contributed by atoms with Gasteiger partial charge in [-0.25, -0.2) is 9.37 Å². The molecular weight excluding hydrogens is 495 g/mol. The van der Waals surface area contributed by atoms with Crippen molar-refractivity contribution < 1.29 is 14.0 Å². The summed E-state index contributed by atoms with van der Waals surface area (Å²) in [5, 5.41) is 3.93. The molecule has 2 N–H and O–H groups in total. The minimum Gasteiger partial charge on any atom is -0.361 e. The molecule has 1 aliphatic heterocycles. The number of rotatable bonds is 8. The molecule has 2 amide bonds. The van der Waals surface area contributed by atoms with E-state index in [-0.39, 0.29) is 5.91 Å². The number of para-hydroxylation sites is 1. The van der Waals surface area contributed by atoms with Crippen molar-refractivity contribution in [1.82, 2.24) is 25.1 Å². The highest BCUT2D eigenvalue weighted by molar-refractivity contribution is 5.98. The van der Waals surface area contributed by atoms with Gasteiger partial charge in [0.1, 0.15) is 17.7 Å². The Kier molecular flexibility index (Phi) is 7.88. The Morgan fingerprint density at radius 2 is 1.77 bits per heavy atom. The van der Waals surface area contributed by atoms with E-state index in [1.807, 2.05) is 56.8 Å². The van der Waals surface area contributed by atoms with Crippen molar-refractivity contribution in [1.29, 1.82) is 0 Å². The lowest BCUT2D eigenvalue weighted by atomic mass is 10.0. The number of anilines is 1. The van der Waals surface area contributed by atoms with E-state index in [0.717, 1.165) is 34.4 Å². The lowest BCUT2D eigenvalue weighted by Crippen LogP contribution is -2.55. The Morgan fingerprint density at radius 3 is 2.46 bits per heavy atom. The molecule has 2 aromatic heterocycles. The number of nitrogens with zero attached hydrogens (tertiary/aromatic N) is 4. The molecule has 0 saturated carbocycles. The summed E-state index contributed by atoms with van der Waals surface area (Å²) in [6.07, 6.45) is 4.12. The standard InChI is InChI=1S/C30H33FN6O2/c1-35(2)20-21-7-12-28(33-18-21)36-13-15-37(16-14-36)30(39)27(34-29(38)22-8-10-24(31)11-9-22)17-23-19-32-26-6-4-3-5-25(23)26/h3-12,18-19,27,32H,13-17,20H2,1-2H3,(H,34,38). The molecule has 0 aliphatic carbocycles. The van der Waals surface area contributed by atoms with Crippen LogP contribution in [0.1, 0.15) is 21.5 Å². The predicted molar refractivity (Wildman–Crippen MR) is 150 cm³/mol. The third-order valence-corrected chi connectivity index (χ3v) is 7.03. The van der Waals surface area contributed by atoms with Gasteiger partial charge in [0.2, 0.25) is 5.91 Å². The number of H-pyrrole nitrogens is 1. The van der Waals surface area contributed by atoms with E-state index >= 15 is 0 Å². The summed E-state index contributed by atoms with van der Waals surface area (Å²) in [5.74, 6) is -0.0687. The SMILES string of the molecule is CN(C)Cc1ccc(N2CCN(C(=O)C(Cc3c[nH]c4ccccc34)NC(=O)c3ccc(F)cc3)CC2)nc1. The number of aromatic nitrogens is 2. The van der Waals surface area contributed by atoms with Crippen LogP contribution in [0, 0.1) is 5.82 Å². The van der Waals surface area contributed by atoms with Crippen LogP contribution in [0.25, 0.3) is 10.9 Å². The molecule has 39 heavy (non-hydrogen) atoms. The highest BCUT2D eigenvalue weighted by atomic mass is 19.1. The number of hydrogen-bond donors (Lipinski definition) is 2. The number of piperazine rings is 1. The van der Waals surface area contributed by atoms with E-state index in [1.54, 1.807) is 4.90 Å². The van der Waals surface area contributed by atoms with Crippen molar-refractivity contribution in [3.8, 4) is 0 Å². The van der Waals surface area contributed by atoms with Crippen LogP contribution in [0.5, 0.6) is 0 Å². The van der Waals surface area contributed by atoms with Gasteiger partial charge in [-0.15, -0.1) is 0 Å². The summed E-state index contributed by atoms with van der Waals surface area (Å²) in [5.41, 5.74) is 3.38. The quantitative estimate of drug-likeness (QED) is 0.366. The third kappa shape index (κ3) is 6.26. The number of nitrogens with one attached hydrogen (secondary N) is 2. The zero-order chi connectivity index (χ0) is 27.4. The van der Waals surface area contributed by atoms with Crippen molar-refractivity contribution in [2.45, 2.75) is 19.0 Å². The Balaban J connectivity index is 1.29. The summed E-state index contributed by atoms with van der Waals surface area (Å²) in [6.45, 7) is 3.18. The molecule has 9 heteroatoms. The fourth-order valence-electron chi connectivity index (χ4n) is 5.00. The minimum absolute atomic E-state index is 0.135. The number of fused-ring (bicyclic) bond motifs is 1. The van der Waals surface area contributed by atoms with Crippen LogP contribution in [0.15, 0.2) is 73.1 Å². The molecule has 0 spiro atoms. The van der Waals surface area contributed by atoms with Crippen molar-refractivity contribution in [3.05, 3.63) is 95.6 Å². The van der Waals surface area contributed by atoms with Crippen LogP contribution in [0.2, 0.25) is 0 Å². The highest BCUT2D eigenvalue weighted by Crippen LogP contribution is 2.21. The molecule has 0 bridgehead atoms. The first-order valence-corrected chi connectivity index (χ1v) is 13.1. The van der Waals surface area contributed by atoms with Crippen molar-refractivity contribution in [2.75, 3.05) is 45.2 Å². The maximum Gasteiger partial charge on any atom is 0.251 e. The smallest absolute Gasteiger partial charge is 0.251 e. The number of aromatic amines is 1. The maximum absolute atomic E-state index is 13.8. The highest BCUT2D eigenvalue weighted by Gasteiger charge is 2.30. The zero-order valence-electron chi connectivity index (χ0n) is 22.2. The van der Waals surface area contributed by atoms with Gasteiger partial charge in [-0.2, -0.15) is 0 Å². The monoisotopic (exact) mass is 528 g/mol. The van der Waals surface area contributed by atoms with Crippen LogP contribution in [-0.4, -0.2) is 77.9 Å². The third-order valence-electron chi connectivity index (χ3n) is 7.03. The van der Waals surface area contributed by atoms with Gasteiger partial charge >= 0.3 is 0 Å². The molecule has 8 nitrogen and oxygen atoms in total. The first-order chi connectivity index (χ1) is 18.9. The van der Waals surface area contributed by atoms with Gasteiger partial charge in [0.15, 0.2) is 0 Å². The molecule has 5 rings (SSSR count). The van der Waals surface area contributed by atoms with E-state index < -0.39 is 17.8 Å². The fraction of sp³-hybridized carbons (Fsp3) is 0.300. The van der Waals surface area contributed by atoms with Crippen LogP contribution >= 0.6 is 0 Å². The average Bonchev–Trinajstić information content (AvgIpc) is 3.35. The molecule has 4 aromatic rings. The van der Waals surface area contributed by atoms with Crippen LogP contribution < -0.4 is 10.2 Å². The summed E-state index contributed by atoms with van der Waals surface area (Å²) >= 11 is 0. The van der Waals surface area contributed by atoms with Crippen LogP contribution in [-0.2, 0) is 17.8 Å². The molecular formula is C30H33FN6O2. The van der Waals surface area contributed by atoms with Gasteiger partial charge in [0.05, 0.1) is 0 Å². The molecule has 3 heterocycles. The second kappa shape index (κ2) is 11.7. The molecule has 1 unspecified atom stereocenters. The van der Waals surface area contributed by atoms with Crippen molar-refractivity contribution >= 4 is 28.5 Å². The number of amides is 2. The summed E-state index contributed by atoms with van der Waals surface area (Å²) in [7, 11) is 4.05. The van der Waals surface area contributed by atoms with Crippen molar-refractivity contribution in [3.63, 3.8) is 0 Å². The first kappa shape index (κ1) is 26.4. The topological polar surface area (TPSA) is 84.6 Å². The Labute approximate surface area is 227 Å². The molecule has 1 aliphatic rings. The largest absolute Gasteiger partial charge is 0.361 e. The molecule has 1 saturated heterocycles. The average molecular weight is 529 g/mol. The summed E-state index contributed by atoms with van der Waals surface area (Å²) in [4.78, 5) is 40.8. The molecule has 0 radical (unpaired) electrons. The van der Waals surface area contributed by atoms with E-state index in [2.05, 4.69) is 31.2 Å². The predicted octanol–water partition coefficient (Wildman–Crippen LogP) is 3.45. The van der Waals surface area contributed by atoms with Gasteiger partial charge in [0.25, 0.3) is 5.91 Å². The number of carbonyl (C=O) groups is 2. The number of hydrogen-bond acceptors (Lipinski definition) is 5. The fourth-order valence-corrected chi connectivity index (χ4v) is 5.00. The van der Waals surface area contributed by atoms with E-state index in [4.69, 9.17) is 0 Å². The second-order valence-electron chi connectivity index (χ2n) is 10.2. The molecule has 202 valence electrons. The molecule has 1 atom stereocenters. The summed E-state index contributed by atoms with van der Waals surface area (Å²) < 4.78 is 13.4. The Bertz CT molecular complexity index is 1430.